The summed E-state index contributed by atoms with van der Waals surface area (Å²) in [4.78, 5) is 4.53. The van der Waals surface area contributed by atoms with Gasteiger partial charge in [-0.05, 0) is 23.4 Å². The van der Waals surface area contributed by atoms with Gasteiger partial charge in [0, 0.05) is 22.9 Å². The molecule has 23 heavy (non-hydrogen) atoms. The van der Waals surface area contributed by atoms with E-state index in [-0.39, 0.29) is 16.1 Å². The van der Waals surface area contributed by atoms with Crippen molar-refractivity contribution in [1.82, 2.24) is 4.98 Å². The highest BCUT2D eigenvalue weighted by molar-refractivity contribution is 7.99. The van der Waals surface area contributed by atoms with Crippen molar-refractivity contribution >= 4 is 23.4 Å². The molecule has 2 aromatic rings. The molecule has 2 rings (SSSR count). The van der Waals surface area contributed by atoms with E-state index in [1.165, 1.54) is 36.3 Å². The van der Waals surface area contributed by atoms with Crippen LogP contribution in [0.1, 0.15) is 24.2 Å². The summed E-state index contributed by atoms with van der Waals surface area (Å²) in [6.07, 6.45) is -3.50. The Labute approximate surface area is 139 Å². The minimum Gasteiger partial charge on any atom is -0.406 e. The molecule has 1 unspecified atom stereocenters. The van der Waals surface area contributed by atoms with Crippen LogP contribution in [-0.2, 0) is 0 Å². The van der Waals surface area contributed by atoms with E-state index in [9.17, 15) is 17.6 Å². The summed E-state index contributed by atoms with van der Waals surface area (Å²) in [6, 6.07) is 4.61. The smallest absolute Gasteiger partial charge is 0.406 e. The van der Waals surface area contributed by atoms with Crippen LogP contribution in [0.3, 0.4) is 0 Å². The second kappa shape index (κ2) is 7.40. The van der Waals surface area contributed by atoms with Crippen molar-refractivity contribution in [3.63, 3.8) is 0 Å². The van der Waals surface area contributed by atoms with Crippen LogP contribution in [0.4, 0.5) is 17.6 Å². The molecule has 0 aliphatic carbocycles. The predicted octanol–water partition coefficient (Wildman–Crippen LogP) is 5.80. The minimum absolute atomic E-state index is 0.173. The molecule has 124 valence electrons. The lowest BCUT2D eigenvalue weighted by molar-refractivity contribution is -0.274. The Kier molecular flexibility index (Phi) is 5.75. The zero-order chi connectivity index (χ0) is 17.0. The summed E-state index contributed by atoms with van der Waals surface area (Å²) in [6.45, 7) is 1.91. The fraction of sp³-hybridized carbons (Fsp3) is 0.267. The van der Waals surface area contributed by atoms with Gasteiger partial charge in [0.25, 0.3) is 0 Å². The average Bonchev–Trinajstić information content (AvgIpc) is 2.46. The van der Waals surface area contributed by atoms with Crippen molar-refractivity contribution in [3.8, 4) is 5.75 Å². The fourth-order valence-electron chi connectivity index (χ4n) is 1.95. The monoisotopic (exact) mass is 365 g/mol. The molecule has 2 nitrogen and oxygen atoms in total. The normalized spacial score (nSPS) is 13.0. The highest BCUT2D eigenvalue weighted by Crippen LogP contribution is 2.38. The summed E-state index contributed by atoms with van der Waals surface area (Å²) in [5.74, 6) is 0.303. The Balaban J connectivity index is 2.29. The zero-order valence-corrected chi connectivity index (χ0v) is 13.5. The molecule has 0 N–H and O–H groups in total. The molecule has 1 heterocycles. The van der Waals surface area contributed by atoms with Crippen molar-refractivity contribution in [2.24, 2.45) is 0 Å². The number of pyridine rings is 1. The molecular formula is C15H12ClF4NOS. The number of hydrogen-bond donors (Lipinski definition) is 0. The van der Waals surface area contributed by atoms with E-state index < -0.39 is 18.3 Å². The van der Waals surface area contributed by atoms with Crippen LogP contribution in [-0.4, -0.2) is 17.1 Å². The first-order chi connectivity index (χ1) is 10.8. The first kappa shape index (κ1) is 17.9. The van der Waals surface area contributed by atoms with Crippen molar-refractivity contribution < 1.29 is 22.3 Å². The van der Waals surface area contributed by atoms with Crippen LogP contribution in [0.25, 0.3) is 0 Å². The first-order valence-electron chi connectivity index (χ1n) is 6.57. The maximum Gasteiger partial charge on any atom is 0.573 e. The number of thioether (sulfide) groups is 1. The van der Waals surface area contributed by atoms with Crippen LogP contribution in [0.5, 0.6) is 5.75 Å². The topological polar surface area (TPSA) is 22.1 Å². The van der Waals surface area contributed by atoms with Gasteiger partial charge in [-0.2, -0.15) is 0 Å². The van der Waals surface area contributed by atoms with Gasteiger partial charge in [-0.25, -0.2) is 4.39 Å². The molecule has 0 aliphatic rings. The van der Waals surface area contributed by atoms with Crippen molar-refractivity contribution in [1.29, 1.82) is 0 Å². The van der Waals surface area contributed by atoms with Gasteiger partial charge >= 0.3 is 6.36 Å². The number of rotatable bonds is 5. The first-order valence-corrected chi connectivity index (χ1v) is 7.94. The predicted molar refractivity (Wildman–Crippen MR) is 81.7 cm³/mol. The Morgan fingerprint density at radius 2 is 1.87 bits per heavy atom. The molecule has 0 radical (unpaired) electrons. The lowest BCUT2D eigenvalue weighted by Crippen LogP contribution is -2.17. The Hall–Kier alpha value is -1.47. The maximum atomic E-state index is 14.8. The van der Waals surface area contributed by atoms with E-state index >= 15 is 0 Å². The minimum atomic E-state index is -4.78. The molecule has 1 aromatic heterocycles. The SMILES string of the molecule is CCSc1cncc(Cl)c1C(F)c1ccc(OC(F)(F)F)cc1. The third kappa shape index (κ3) is 4.75. The number of halogens is 5. The molecular weight excluding hydrogens is 354 g/mol. The molecule has 0 bridgehead atoms. The number of aromatic nitrogens is 1. The summed E-state index contributed by atoms with van der Waals surface area (Å²) < 4.78 is 55.0. The lowest BCUT2D eigenvalue weighted by Gasteiger charge is -2.15. The highest BCUT2D eigenvalue weighted by Gasteiger charge is 2.31. The Morgan fingerprint density at radius 3 is 2.43 bits per heavy atom. The second-order valence-corrected chi connectivity index (χ2v) is 6.16. The Morgan fingerprint density at radius 1 is 1.22 bits per heavy atom. The molecule has 0 fully saturated rings. The van der Waals surface area contributed by atoms with Crippen LogP contribution in [0.2, 0.25) is 5.02 Å². The van der Waals surface area contributed by atoms with E-state index in [4.69, 9.17) is 11.6 Å². The summed E-state index contributed by atoms with van der Waals surface area (Å²) in [7, 11) is 0. The van der Waals surface area contributed by atoms with Crippen LogP contribution >= 0.6 is 23.4 Å². The van der Waals surface area contributed by atoms with E-state index in [0.29, 0.717) is 10.6 Å². The van der Waals surface area contributed by atoms with E-state index in [0.717, 1.165) is 12.1 Å². The molecule has 0 spiro atoms. The third-order valence-electron chi connectivity index (χ3n) is 2.86. The standard InChI is InChI=1S/C15H12ClF4NOS/c1-2-23-12-8-21-7-11(16)13(12)14(17)9-3-5-10(6-4-9)22-15(18,19)20/h3-8,14H,2H2,1H3. The second-order valence-electron chi connectivity index (χ2n) is 4.45. The summed E-state index contributed by atoms with van der Waals surface area (Å²) in [5, 5.41) is 0.173. The van der Waals surface area contributed by atoms with Gasteiger partial charge in [0.2, 0.25) is 0 Å². The number of nitrogens with zero attached hydrogens (tertiary/aromatic N) is 1. The number of alkyl halides is 4. The van der Waals surface area contributed by atoms with Gasteiger partial charge in [0.05, 0.1) is 5.02 Å². The highest BCUT2D eigenvalue weighted by atomic mass is 35.5. The van der Waals surface area contributed by atoms with Gasteiger partial charge in [-0.1, -0.05) is 30.7 Å². The largest absolute Gasteiger partial charge is 0.573 e. The molecule has 0 saturated heterocycles. The quantitative estimate of drug-likeness (QED) is 0.493. The summed E-state index contributed by atoms with van der Waals surface area (Å²) >= 11 is 7.43. The van der Waals surface area contributed by atoms with Gasteiger partial charge in [0.1, 0.15) is 5.75 Å². The average molecular weight is 366 g/mol. The van der Waals surface area contributed by atoms with Crippen LogP contribution < -0.4 is 4.74 Å². The van der Waals surface area contributed by atoms with Crippen LogP contribution in [0, 0.1) is 0 Å². The number of hydrogen-bond acceptors (Lipinski definition) is 3. The molecule has 1 aromatic carbocycles. The lowest BCUT2D eigenvalue weighted by atomic mass is 10.0. The van der Waals surface area contributed by atoms with E-state index in [1.54, 1.807) is 0 Å². The maximum absolute atomic E-state index is 14.8. The van der Waals surface area contributed by atoms with Gasteiger partial charge in [0.15, 0.2) is 6.17 Å². The van der Waals surface area contributed by atoms with Crippen molar-refractivity contribution in [2.75, 3.05) is 5.75 Å². The molecule has 0 amide bonds. The van der Waals surface area contributed by atoms with E-state index in [1.807, 2.05) is 6.92 Å². The number of benzene rings is 1. The fourth-order valence-corrected chi connectivity index (χ4v) is 3.07. The van der Waals surface area contributed by atoms with E-state index in [2.05, 4.69) is 9.72 Å². The van der Waals surface area contributed by atoms with Crippen LogP contribution in [0.15, 0.2) is 41.6 Å². The van der Waals surface area contributed by atoms with Gasteiger partial charge < -0.3 is 4.74 Å². The molecule has 0 saturated carbocycles. The third-order valence-corrected chi connectivity index (χ3v) is 4.09. The van der Waals surface area contributed by atoms with Crippen molar-refractivity contribution in [2.45, 2.75) is 24.4 Å². The Bertz CT molecular complexity index is 664. The zero-order valence-electron chi connectivity index (χ0n) is 11.9. The number of ether oxygens (including phenoxy) is 1. The van der Waals surface area contributed by atoms with Gasteiger partial charge in [-0.3, -0.25) is 4.98 Å². The summed E-state index contributed by atoms with van der Waals surface area (Å²) in [5.41, 5.74) is 0.448. The van der Waals surface area contributed by atoms with Gasteiger partial charge in [-0.15, -0.1) is 24.9 Å². The molecule has 0 aliphatic heterocycles. The van der Waals surface area contributed by atoms with Crippen molar-refractivity contribution in [3.05, 3.63) is 52.8 Å². The molecule has 1 atom stereocenters. The molecule has 8 heteroatoms.